The van der Waals surface area contributed by atoms with Crippen molar-refractivity contribution in [3.63, 3.8) is 0 Å². The van der Waals surface area contributed by atoms with Crippen molar-refractivity contribution in [2.75, 3.05) is 13.1 Å². The summed E-state index contributed by atoms with van der Waals surface area (Å²) >= 11 is 1.94. The number of nitrogens with one attached hydrogen (secondary N) is 1. The van der Waals surface area contributed by atoms with E-state index in [9.17, 15) is 0 Å². The van der Waals surface area contributed by atoms with Gasteiger partial charge in [0.05, 0.1) is 0 Å². The Morgan fingerprint density at radius 1 is 1.35 bits per heavy atom. The van der Waals surface area contributed by atoms with Gasteiger partial charge in [0.1, 0.15) is 0 Å². The van der Waals surface area contributed by atoms with E-state index in [1.807, 2.05) is 11.3 Å². The Labute approximate surface area is 127 Å². The Morgan fingerprint density at radius 2 is 2.15 bits per heavy atom. The minimum absolute atomic E-state index is 0.244. The highest BCUT2D eigenvalue weighted by atomic mass is 32.1. The molecule has 0 radical (unpaired) electrons. The first-order valence-corrected chi connectivity index (χ1v) is 8.91. The molecule has 0 aromatic carbocycles. The molecular weight excluding hydrogens is 264 g/mol. The summed E-state index contributed by atoms with van der Waals surface area (Å²) in [6.07, 6.45) is 4.04. The largest absolute Gasteiger partial charge is 0.312 e. The van der Waals surface area contributed by atoms with Gasteiger partial charge in [-0.3, -0.25) is 4.90 Å². The molecule has 1 N–H and O–H groups in total. The van der Waals surface area contributed by atoms with Crippen LogP contribution in [0.5, 0.6) is 0 Å². The number of thiophene rings is 1. The molecule has 0 bridgehead atoms. The van der Waals surface area contributed by atoms with Crippen LogP contribution >= 0.6 is 11.3 Å². The summed E-state index contributed by atoms with van der Waals surface area (Å²) in [4.78, 5) is 4.39. The lowest BCUT2D eigenvalue weighted by Crippen LogP contribution is -2.54. The maximum atomic E-state index is 3.70. The normalized spacial score (nSPS) is 30.9. The molecule has 1 aromatic heterocycles. The van der Waals surface area contributed by atoms with Gasteiger partial charge < -0.3 is 5.32 Å². The van der Waals surface area contributed by atoms with Crippen molar-refractivity contribution in [1.82, 2.24) is 10.2 Å². The second-order valence-corrected chi connectivity index (χ2v) is 8.50. The number of hydrogen-bond donors (Lipinski definition) is 1. The van der Waals surface area contributed by atoms with E-state index in [0.29, 0.717) is 6.04 Å². The first-order chi connectivity index (χ1) is 9.46. The van der Waals surface area contributed by atoms with Crippen molar-refractivity contribution in [2.45, 2.75) is 64.6 Å². The fraction of sp³-hybridized carbons (Fsp3) is 0.765. The van der Waals surface area contributed by atoms with Crippen LogP contribution in [0.3, 0.4) is 0 Å². The first-order valence-electron chi connectivity index (χ1n) is 8.03. The predicted octanol–water partition coefficient (Wildman–Crippen LogP) is 3.83. The Balaban J connectivity index is 1.63. The first kappa shape index (κ1) is 14.6. The van der Waals surface area contributed by atoms with Gasteiger partial charge in [0.25, 0.3) is 0 Å². The summed E-state index contributed by atoms with van der Waals surface area (Å²) in [6, 6.07) is 3.76. The fourth-order valence-electron chi connectivity index (χ4n) is 3.65. The Kier molecular flexibility index (Phi) is 3.95. The lowest BCUT2D eigenvalue weighted by Gasteiger charge is -2.49. The van der Waals surface area contributed by atoms with Gasteiger partial charge in [-0.25, -0.2) is 0 Å². The van der Waals surface area contributed by atoms with Crippen molar-refractivity contribution in [3.8, 4) is 0 Å². The molecule has 3 unspecified atom stereocenters. The van der Waals surface area contributed by atoms with Crippen LogP contribution < -0.4 is 5.32 Å². The number of fused-ring (bicyclic) bond motifs is 1. The van der Waals surface area contributed by atoms with E-state index in [1.165, 1.54) is 32.4 Å². The van der Waals surface area contributed by atoms with E-state index in [-0.39, 0.29) is 5.54 Å². The smallest absolute Gasteiger partial charge is 0.0334 e. The minimum atomic E-state index is 0.244. The summed E-state index contributed by atoms with van der Waals surface area (Å²) in [5, 5.41) is 5.97. The molecule has 2 aliphatic rings. The third-order valence-electron chi connectivity index (χ3n) is 5.02. The van der Waals surface area contributed by atoms with Crippen LogP contribution in [-0.4, -0.2) is 29.6 Å². The molecular formula is C17H28N2S. The molecule has 0 spiro atoms. The van der Waals surface area contributed by atoms with Gasteiger partial charge in [-0.05, 0) is 76.4 Å². The number of rotatable bonds is 3. The van der Waals surface area contributed by atoms with Crippen molar-refractivity contribution >= 4 is 11.3 Å². The zero-order valence-electron chi connectivity index (χ0n) is 13.3. The van der Waals surface area contributed by atoms with Crippen LogP contribution in [0.1, 0.15) is 57.0 Å². The second kappa shape index (κ2) is 5.43. The molecule has 3 atom stereocenters. The molecule has 1 fully saturated rings. The quantitative estimate of drug-likeness (QED) is 0.911. The van der Waals surface area contributed by atoms with Crippen LogP contribution in [0.25, 0.3) is 0 Å². The Bertz CT molecular complexity index is 460. The molecule has 0 amide bonds. The van der Waals surface area contributed by atoms with Gasteiger partial charge in [0.15, 0.2) is 0 Å². The molecule has 3 heteroatoms. The van der Waals surface area contributed by atoms with E-state index >= 15 is 0 Å². The van der Waals surface area contributed by atoms with E-state index < -0.39 is 0 Å². The lowest BCUT2D eigenvalue weighted by atomic mass is 9.76. The molecule has 1 saturated carbocycles. The summed E-state index contributed by atoms with van der Waals surface area (Å²) in [7, 11) is 0. The summed E-state index contributed by atoms with van der Waals surface area (Å²) < 4.78 is 0. The molecule has 112 valence electrons. The third-order valence-corrected chi connectivity index (χ3v) is 6.02. The van der Waals surface area contributed by atoms with E-state index in [0.717, 1.165) is 12.0 Å². The van der Waals surface area contributed by atoms with Gasteiger partial charge in [-0.1, -0.05) is 0 Å². The maximum absolute atomic E-state index is 3.70. The number of hydrogen-bond acceptors (Lipinski definition) is 3. The van der Waals surface area contributed by atoms with Gasteiger partial charge >= 0.3 is 0 Å². The van der Waals surface area contributed by atoms with Gasteiger partial charge in [-0.15, -0.1) is 11.3 Å². The van der Waals surface area contributed by atoms with Crippen LogP contribution in [0.4, 0.5) is 0 Å². The van der Waals surface area contributed by atoms with E-state index in [1.54, 1.807) is 10.4 Å². The van der Waals surface area contributed by atoms with Crippen LogP contribution in [-0.2, 0) is 6.42 Å². The zero-order chi connectivity index (χ0) is 14.3. The van der Waals surface area contributed by atoms with E-state index in [4.69, 9.17) is 0 Å². The minimum Gasteiger partial charge on any atom is -0.312 e. The molecule has 2 heterocycles. The van der Waals surface area contributed by atoms with Crippen molar-refractivity contribution in [3.05, 3.63) is 21.9 Å². The van der Waals surface area contributed by atoms with Crippen LogP contribution in [0.15, 0.2) is 11.4 Å². The maximum Gasteiger partial charge on any atom is 0.0334 e. The highest BCUT2D eigenvalue weighted by Crippen LogP contribution is 2.41. The molecule has 1 aliphatic heterocycles. The molecule has 20 heavy (non-hydrogen) atoms. The molecule has 1 aromatic rings. The summed E-state index contributed by atoms with van der Waals surface area (Å²) in [5.41, 5.74) is 1.84. The third kappa shape index (κ3) is 2.81. The topological polar surface area (TPSA) is 15.3 Å². The summed E-state index contributed by atoms with van der Waals surface area (Å²) in [5.74, 6) is 0.844. The fourth-order valence-corrected chi connectivity index (χ4v) is 4.61. The molecule has 1 aliphatic carbocycles. The predicted molar refractivity (Wildman–Crippen MR) is 87.4 cm³/mol. The van der Waals surface area contributed by atoms with Gasteiger partial charge in [0.2, 0.25) is 0 Å². The molecule has 3 rings (SSSR count). The van der Waals surface area contributed by atoms with Crippen molar-refractivity contribution in [1.29, 1.82) is 0 Å². The Morgan fingerprint density at radius 3 is 2.80 bits per heavy atom. The SMILES string of the molecule is CC1c2ccsc2CCN1C1CCC1CNC(C)(C)C. The second-order valence-electron chi connectivity index (χ2n) is 7.50. The standard InChI is InChI=1S/C17H28N2S/c1-12-14-8-10-20-16(14)7-9-19(12)15-6-5-13(15)11-18-17(2,3)4/h8,10,12-13,15,18H,5-7,9,11H2,1-4H3. The monoisotopic (exact) mass is 292 g/mol. The highest BCUT2D eigenvalue weighted by Gasteiger charge is 2.39. The zero-order valence-corrected chi connectivity index (χ0v) is 14.1. The number of nitrogens with zero attached hydrogens (tertiary/aromatic N) is 1. The van der Waals surface area contributed by atoms with Gasteiger partial charge in [0, 0.05) is 29.0 Å². The van der Waals surface area contributed by atoms with Crippen molar-refractivity contribution in [2.24, 2.45) is 5.92 Å². The summed E-state index contributed by atoms with van der Waals surface area (Å²) in [6.45, 7) is 11.6. The van der Waals surface area contributed by atoms with Crippen LogP contribution in [0.2, 0.25) is 0 Å². The van der Waals surface area contributed by atoms with E-state index in [2.05, 4.69) is 49.4 Å². The highest BCUT2D eigenvalue weighted by molar-refractivity contribution is 7.10. The molecule has 2 nitrogen and oxygen atoms in total. The Hall–Kier alpha value is -0.380. The average molecular weight is 292 g/mol. The average Bonchev–Trinajstić information content (AvgIpc) is 2.79. The molecule has 0 saturated heterocycles. The lowest BCUT2D eigenvalue weighted by molar-refractivity contribution is 0.0249. The van der Waals surface area contributed by atoms with Crippen LogP contribution in [0, 0.1) is 5.92 Å². The van der Waals surface area contributed by atoms with Gasteiger partial charge in [-0.2, -0.15) is 0 Å². The van der Waals surface area contributed by atoms with Crippen molar-refractivity contribution < 1.29 is 0 Å².